The van der Waals surface area contributed by atoms with E-state index in [2.05, 4.69) is 21.2 Å². The molecule has 0 aromatic heterocycles. The second-order valence-corrected chi connectivity index (χ2v) is 3.98. The van der Waals surface area contributed by atoms with E-state index in [1.165, 1.54) is 14.2 Å². The lowest BCUT2D eigenvalue weighted by molar-refractivity contribution is -0.112. The van der Waals surface area contributed by atoms with Gasteiger partial charge < -0.3 is 14.8 Å². The van der Waals surface area contributed by atoms with Gasteiger partial charge in [-0.2, -0.15) is 0 Å². The molecule has 0 aliphatic carbocycles. The van der Waals surface area contributed by atoms with E-state index in [-0.39, 0.29) is 5.56 Å². The van der Waals surface area contributed by atoms with Gasteiger partial charge in [0.15, 0.2) is 0 Å². The Balaban J connectivity index is 2.76. The second kappa shape index (κ2) is 3.79. The first-order valence-corrected chi connectivity index (χ1v) is 5.19. The van der Waals surface area contributed by atoms with E-state index in [4.69, 9.17) is 9.47 Å². The number of rotatable bonds is 2. The lowest BCUT2D eigenvalue weighted by atomic mass is 10.1. The van der Waals surface area contributed by atoms with Crippen LogP contribution in [0.3, 0.4) is 0 Å². The third-order valence-electron chi connectivity index (χ3n) is 2.29. The first kappa shape index (κ1) is 10.9. The number of Topliss-reactive ketones (excluding diaryl/α,β-unsaturated/α-hetero) is 1. The van der Waals surface area contributed by atoms with Crippen LogP contribution in [0.15, 0.2) is 10.5 Å². The summed E-state index contributed by atoms with van der Waals surface area (Å²) in [7, 11) is 2.90. The maximum atomic E-state index is 11.6. The van der Waals surface area contributed by atoms with E-state index in [9.17, 15) is 9.59 Å². The molecular weight excluding hydrogens is 278 g/mol. The van der Waals surface area contributed by atoms with Crippen molar-refractivity contribution in [2.75, 3.05) is 19.5 Å². The van der Waals surface area contributed by atoms with Gasteiger partial charge in [0.2, 0.25) is 0 Å². The zero-order chi connectivity index (χ0) is 11.9. The predicted molar refractivity (Wildman–Crippen MR) is 60.2 cm³/mol. The first-order chi connectivity index (χ1) is 7.60. The number of hydrogen-bond donors (Lipinski definition) is 1. The number of nitrogens with one attached hydrogen (secondary N) is 1. The molecule has 0 unspecified atom stereocenters. The molecule has 5 nitrogen and oxygen atoms in total. The largest absolute Gasteiger partial charge is 0.495 e. The number of hydrogen-bond acceptors (Lipinski definition) is 4. The molecule has 16 heavy (non-hydrogen) atoms. The van der Waals surface area contributed by atoms with E-state index in [0.717, 1.165) is 0 Å². The van der Waals surface area contributed by atoms with Gasteiger partial charge in [-0.3, -0.25) is 9.59 Å². The Bertz CT molecular complexity index is 498. The van der Waals surface area contributed by atoms with Crippen molar-refractivity contribution in [3.05, 3.63) is 16.1 Å². The van der Waals surface area contributed by atoms with Gasteiger partial charge in [-0.1, -0.05) is 0 Å². The van der Waals surface area contributed by atoms with Gasteiger partial charge >= 0.3 is 0 Å². The molecule has 0 fully saturated rings. The van der Waals surface area contributed by atoms with E-state index >= 15 is 0 Å². The van der Waals surface area contributed by atoms with Crippen LogP contribution in [0.2, 0.25) is 0 Å². The number of anilines is 1. The summed E-state index contributed by atoms with van der Waals surface area (Å²) in [4.78, 5) is 22.9. The summed E-state index contributed by atoms with van der Waals surface area (Å²) in [5.74, 6) is -0.544. The lowest BCUT2D eigenvalue weighted by Crippen LogP contribution is -2.12. The number of halogens is 1. The lowest BCUT2D eigenvalue weighted by Gasteiger charge is -2.11. The van der Waals surface area contributed by atoms with Crippen LogP contribution in [0.4, 0.5) is 5.69 Å². The summed E-state index contributed by atoms with van der Waals surface area (Å²) in [6.45, 7) is 0. The summed E-state index contributed by atoms with van der Waals surface area (Å²) < 4.78 is 10.7. The minimum atomic E-state index is -0.676. The molecule has 1 heterocycles. The SMILES string of the molecule is COc1cc(Br)c(OC)c2c1NC(=O)C2=O. The summed E-state index contributed by atoms with van der Waals surface area (Å²) in [5.41, 5.74) is 0.566. The highest BCUT2D eigenvalue weighted by molar-refractivity contribution is 9.10. The molecule has 0 saturated heterocycles. The van der Waals surface area contributed by atoms with Gasteiger partial charge in [0.25, 0.3) is 11.7 Å². The molecule has 1 aromatic rings. The number of amides is 1. The zero-order valence-corrected chi connectivity index (χ0v) is 10.2. The van der Waals surface area contributed by atoms with Crippen LogP contribution >= 0.6 is 15.9 Å². The normalized spacial score (nSPS) is 13.4. The van der Waals surface area contributed by atoms with Crippen molar-refractivity contribution in [2.45, 2.75) is 0 Å². The van der Waals surface area contributed by atoms with Gasteiger partial charge in [-0.15, -0.1) is 0 Å². The van der Waals surface area contributed by atoms with Crippen molar-refractivity contribution >= 4 is 33.3 Å². The molecular formula is C10H8BrNO4. The minimum Gasteiger partial charge on any atom is -0.495 e. The second-order valence-electron chi connectivity index (χ2n) is 3.13. The molecule has 0 saturated carbocycles. The van der Waals surface area contributed by atoms with Crippen LogP contribution in [0.1, 0.15) is 10.4 Å². The molecule has 1 aromatic carbocycles. The van der Waals surface area contributed by atoms with Gasteiger partial charge in [-0.25, -0.2) is 0 Å². The zero-order valence-electron chi connectivity index (χ0n) is 8.59. The number of carbonyl (C=O) groups is 2. The number of ether oxygens (including phenoxy) is 2. The van der Waals surface area contributed by atoms with Crippen molar-refractivity contribution in [3.8, 4) is 11.5 Å². The van der Waals surface area contributed by atoms with Crippen LogP contribution in [-0.4, -0.2) is 25.9 Å². The molecule has 2 rings (SSSR count). The summed E-state index contributed by atoms with van der Waals surface area (Å²) in [6.07, 6.45) is 0. The number of fused-ring (bicyclic) bond motifs is 1. The Labute approximate surface area is 99.9 Å². The molecule has 0 bridgehead atoms. The van der Waals surface area contributed by atoms with Crippen LogP contribution in [0.25, 0.3) is 0 Å². The van der Waals surface area contributed by atoms with E-state index in [1.54, 1.807) is 6.07 Å². The maximum absolute atomic E-state index is 11.6. The van der Waals surface area contributed by atoms with Gasteiger partial charge in [0.1, 0.15) is 11.5 Å². The molecule has 1 N–H and O–H groups in total. The standard InChI is InChI=1S/C10H8BrNO4/c1-15-5-3-4(11)9(16-2)6-7(5)12-10(14)8(6)13/h3H,1-2H3,(H,12,13,14). The Morgan fingerprint density at radius 2 is 1.94 bits per heavy atom. The molecule has 84 valence electrons. The highest BCUT2D eigenvalue weighted by Crippen LogP contribution is 2.44. The van der Waals surface area contributed by atoms with Crippen molar-refractivity contribution in [1.29, 1.82) is 0 Å². The first-order valence-electron chi connectivity index (χ1n) is 4.40. The van der Waals surface area contributed by atoms with Crippen molar-refractivity contribution in [3.63, 3.8) is 0 Å². The Morgan fingerprint density at radius 3 is 2.50 bits per heavy atom. The molecule has 6 heteroatoms. The smallest absolute Gasteiger partial charge is 0.297 e. The predicted octanol–water partition coefficient (Wildman–Crippen LogP) is 1.60. The molecule has 0 spiro atoms. The Morgan fingerprint density at radius 1 is 1.25 bits per heavy atom. The fraction of sp³-hybridized carbons (Fsp3) is 0.200. The highest BCUT2D eigenvalue weighted by atomic mass is 79.9. The fourth-order valence-corrected chi connectivity index (χ4v) is 2.16. The van der Waals surface area contributed by atoms with Crippen molar-refractivity contribution in [1.82, 2.24) is 0 Å². The van der Waals surface area contributed by atoms with Crippen LogP contribution < -0.4 is 14.8 Å². The summed E-state index contributed by atoms with van der Waals surface area (Å²) in [5, 5.41) is 2.45. The average molecular weight is 286 g/mol. The molecule has 1 amide bonds. The molecule has 1 aliphatic rings. The number of benzene rings is 1. The number of carbonyl (C=O) groups excluding carboxylic acids is 2. The number of ketones is 1. The van der Waals surface area contributed by atoms with E-state index < -0.39 is 11.7 Å². The topological polar surface area (TPSA) is 64.6 Å². The fourth-order valence-electron chi connectivity index (χ4n) is 1.59. The van der Waals surface area contributed by atoms with E-state index in [1.807, 2.05) is 0 Å². The monoisotopic (exact) mass is 285 g/mol. The Kier molecular flexibility index (Phi) is 2.59. The molecule has 0 radical (unpaired) electrons. The van der Waals surface area contributed by atoms with Gasteiger partial charge in [0, 0.05) is 6.07 Å². The van der Waals surface area contributed by atoms with Gasteiger partial charge in [-0.05, 0) is 15.9 Å². The minimum absolute atomic E-state index is 0.207. The summed E-state index contributed by atoms with van der Waals surface area (Å²) in [6, 6.07) is 1.64. The average Bonchev–Trinajstić information content (AvgIpc) is 2.56. The third-order valence-corrected chi connectivity index (χ3v) is 2.88. The number of methoxy groups -OCH3 is 2. The van der Waals surface area contributed by atoms with E-state index in [0.29, 0.717) is 21.7 Å². The molecule has 0 atom stereocenters. The maximum Gasteiger partial charge on any atom is 0.297 e. The van der Waals surface area contributed by atoms with Crippen molar-refractivity contribution in [2.24, 2.45) is 0 Å². The quantitative estimate of drug-likeness (QED) is 0.839. The van der Waals surface area contributed by atoms with Crippen molar-refractivity contribution < 1.29 is 19.1 Å². The van der Waals surface area contributed by atoms with Crippen LogP contribution in [-0.2, 0) is 4.79 Å². The van der Waals surface area contributed by atoms with Gasteiger partial charge in [0.05, 0.1) is 29.9 Å². The Hall–Kier alpha value is -1.56. The van der Waals surface area contributed by atoms with Crippen LogP contribution in [0, 0.1) is 0 Å². The highest BCUT2D eigenvalue weighted by Gasteiger charge is 2.35. The molecule has 1 aliphatic heterocycles. The third kappa shape index (κ3) is 1.37. The van der Waals surface area contributed by atoms with Crippen LogP contribution in [0.5, 0.6) is 11.5 Å². The summed E-state index contributed by atoms with van der Waals surface area (Å²) >= 11 is 3.25.